The first-order chi connectivity index (χ1) is 10.1. The average Bonchev–Trinajstić information content (AvgIpc) is 2.49. The van der Waals surface area contributed by atoms with Crippen LogP contribution in [0.5, 0.6) is 0 Å². The van der Waals surface area contributed by atoms with Crippen LogP contribution in [0.3, 0.4) is 0 Å². The molecule has 0 radical (unpaired) electrons. The van der Waals surface area contributed by atoms with Gasteiger partial charge in [0.1, 0.15) is 30.8 Å². The predicted molar refractivity (Wildman–Crippen MR) is 80.0 cm³/mol. The van der Waals surface area contributed by atoms with E-state index in [2.05, 4.69) is 0 Å². The Morgan fingerprint density at radius 1 is 0.952 bits per heavy atom. The molecule has 1 atom stereocenters. The van der Waals surface area contributed by atoms with Gasteiger partial charge in [-0.25, -0.2) is 8.78 Å². The molecule has 0 saturated heterocycles. The molecule has 0 bridgehead atoms. The van der Waals surface area contributed by atoms with Gasteiger partial charge in [0.15, 0.2) is 0 Å². The molecule has 5 heteroatoms. The number of hydrogen-bond donors (Lipinski definition) is 2. The fourth-order valence-corrected chi connectivity index (χ4v) is 2.70. The van der Waals surface area contributed by atoms with Crippen molar-refractivity contribution in [2.45, 2.75) is 17.5 Å². The van der Waals surface area contributed by atoms with Crippen LogP contribution in [-0.4, -0.2) is 23.5 Å². The van der Waals surface area contributed by atoms with Crippen LogP contribution in [0.25, 0.3) is 0 Å². The Labute approximate surface area is 127 Å². The van der Waals surface area contributed by atoms with E-state index in [-0.39, 0.29) is 11.6 Å². The van der Waals surface area contributed by atoms with E-state index in [0.717, 1.165) is 10.5 Å². The molecular formula is C16H18F2NOS+. The third-order valence-corrected chi connectivity index (χ3v) is 4.15. The first-order valence-corrected chi connectivity index (χ1v) is 7.74. The van der Waals surface area contributed by atoms with E-state index in [4.69, 9.17) is 0 Å². The molecule has 0 aliphatic heterocycles. The summed E-state index contributed by atoms with van der Waals surface area (Å²) in [4.78, 5) is 0.939. The van der Waals surface area contributed by atoms with Crippen molar-refractivity contribution >= 4 is 11.8 Å². The number of aliphatic hydroxyl groups excluding tert-OH is 1. The number of hydrogen-bond acceptors (Lipinski definition) is 2. The number of benzene rings is 2. The van der Waals surface area contributed by atoms with E-state index >= 15 is 0 Å². The second kappa shape index (κ2) is 8.12. The van der Waals surface area contributed by atoms with E-state index < -0.39 is 6.10 Å². The van der Waals surface area contributed by atoms with Gasteiger partial charge in [0.05, 0.1) is 0 Å². The minimum absolute atomic E-state index is 0.241. The summed E-state index contributed by atoms with van der Waals surface area (Å²) in [5, 5.41) is 11.9. The zero-order chi connectivity index (χ0) is 15.1. The molecule has 0 aromatic heterocycles. The number of aliphatic hydroxyl groups is 1. The largest absolute Gasteiger partial charge is 0.386 e. The SMILES string of the molecule is O[C@@H](C[NH2+]Cc1ccc(F)cc1)CSc1ccc(F)cc1. The second-order valence-corrected chi connectivity index (χ2v) is 5.87. The molecule has 2 rings (SSSR count). The van der Waals surface area contributed by atoms with Crippen LogP contribution in [0.15, 0.2) is 53.4 Å². The van der Waals surface area contributed by atoms with Crippen LogP contribution in [0.2, 0.25) is 0 Å². The lowest BCUT2D eigenvalue weighted by molar-refractivity contribution is -0.675. The Morgan fingerprint density at radius 2 is 1.52 bits per heavy atom. The molecule has 0 aliphatic carbocycles. The highest BCUT2D eigenvalue weighted by Crippen LogP contribution is 2.18. The summed E-state index contributed by atoms with van der Waals surface area (Å²) in [5.74, 6) is 0.0629. The van der Waals surface area contributed by atoms with Crippen LogP contribution < -0.4 is 5.32 Å². The Hall–Kier alpha value is -1.43. The molecule has 112 valence electrons. The van der Waals surface area contributed by atoms with E-state index in [1.165, 1.54) is 36.0 Å². The molecule has 0 unspecified atom stereocenters. The summed E-state index contributed by atoms with van der Waals surface area (Å²) in [7, 11) is 0. The first-order valence-electron chi connectivity index (χ1n) is 6.76. The predicted octanol–water partition coefficient (Wildman–Crippen LogP) is 2.18. The second-order valence-electron chi connectivity index (χ2n) is 4.77. The fraction of sp³-hybridized carbons (Fsp3) is 0.250. The molecule has 0 fully saturated rings. The van der Waals surface area contributed by atoms with Crippen LogP contribution in [0.4, 0.5) is 8.78 Å². The highest BCUT2D eigenvalue weighted by Gasteiger charge is 2.07. The zero-order valence-corrected chi connectivity index (χ0v) is 12.3. The number of thioether (sulfide) groups is 1. The van der Waals surface area contributed by atoms with Gasteiger partial charge in [-0.2, -0.15) is 0 Å². The monoisotopic (exact) mass is 310 g/mol. The van der Waals surface area contributed by atoms with Crippen molar-refractivity contribution in [2.75, 3.05) is 12.3 Å². The van der Waals surface area contributed by atoms with Gasteiger partial charge in [0, 0.05) is 16.2 Å². The van der Waals surface area contributed by atoms with Crippen molar-refractivity contribution < 1.29 is 19.2 Å². The molecule has 2 aromatic rings. The van der Waals surface area contributed by atoms with E-state index in [0.29, 0.717) is 18.8 Å². The van der Waals surface area contributed by atoms with Crippen molar-refractivity contribution in [3.05, 3.63) is 65.7 Å². The molecule has 0 amide bonds. The molecule has 3 N–H and O–H groups in total. The third kappa shape index (κ3) is 5.83. The zero-order valence-electron chi connectivity index (χ0n) is 11.5. The van der Waals surface area contributed by atoms with E-state index in [9.17, 15) is 13.9 Å². The molecule has 0 spiro atoms. The van der Waals surface area contributed by atoms with E-state index in [1.807, 2.05) is 5.32 Å². The minimum Gasteiger partial charge on any atom is -0.386 e. The Balaban J connectivity index is 1.66. The van der Waals surface area contributed by atoms with Crippen LogP contribution in [0, 0.1) is 11.6 Å². The molecule has 0 saturated carbocycles. The lowest BCUT2D eigenvalue weighted by Gasteiger charge is -2.09. The van der Waals surface area contributed by atoms with Crippen molar-refractivity contribution in [3.63, 3.8) is 0 Å². The normalized spacial score (nSPS) is 12.3. The fourth-order valence-electron chi connectivity index (χ4n) is 1.85. The van der Waals surface area contributed by atoms with Gasteiger partial charge in [0.25, 0.3) is 0 Å². The molecule has 0 aliphatic rings. The van der Waals surface area contributed by atoms with Crippen LogP contribution in [0.1, 0.15) is 5.56 Å². The standard InChI is InChI=1S/C16H17F2NOS/c17-13-3-1-12(2-4-13)9-19-10-15(20)11-21-16-7-5-14(18)6-8-16/h1-8,15,19-20H,9-11H2/p+1/t15-/m0/s1. The lowest BCUT2D eigenvalue weighted by atomic mass is 10.2. The minimum atomic E-state index is -0.444. The van der Waals surface area contributed by atoms with Crippen molar-refractivity contribution in [1.29, 1.82) is 0 Å². The van der Waals surface area contributed by atoms with Gasteiger partial charge >= 0.3 is 0 Å². The Bertz CT molecular complexity index is 545. The van der Waals surface area contributed by atoms with Crippen LogP contribution in [-0.2, 0) is 6.54 Å². The van der Waals surface area contributed by atoms with Crippen molar-refractivity contribution in [2.24, 2.45) is 0 Å². The summed E-state index contributed by atoms with van der Waals surface area (Å²) in [6.07, 6.45) is -0.444. The maximum absolute atomic E-state index is 12.8. The Morgan fingerprint density at radius 3 is 2.14 bits per heavy atom. The maximum atomic E-state index is 12.8. The van der Waals surface area contributed by atoms with Gasteiger partial charge in [-0.15, -0.1) is 11.8 Å². The summed E-state index contributed by atoms with van der Waals surface area (Å²) < 4.78 is 25.5. The summed E-state index contributed by atoms with van der Waals surface area (Å²) in [5.41, 5.74) is 1.02. The number of rotatable bonds is 7. The third-order valence-electron chi connectivity index (χ3n) is 2.99. The van der Waals surface area contributed by atoms with Crippen molar-refractivity contribution in [1.82, 2.24) is 0 Å². The average molecular weight is 310 g/mol. The van der Waals surface area contributed by atoms with Gasteiger partial charge in [-0.1, -0.05) is 12.1 Å². The quantitative estimate of drug-likeness (QED) is 0.769. The van der Waals surface area contributed by atoms with Gasteiger partial charge in [-0.05, 0) is 36.4 Å². The molecule has 2 aromatic carbocycles. The number of halogens is 2. The molecular weight excluding hydrogens is 292 g/mol. The van der Waals surface area contributed by atoms with Crippen LogP contribution >= 0.6 is 11.8 Å². The first kappa shape index (κ1) is 15.9. The highest BCUT2D eigenvalue weighted by molar-refractivity contribution is 7.99. The summed E-state index contributed by atoms with van der Waals surface area (Å²) in [6.45, 7) is 1.28. The molecule has 2 nitrogen and oxygen atoms in total. The van der Waals surface area contributed by atoms with E-state index in [1.54, 1.807) is 24.3 Å². The lowest BCUT2D eigenvalue weighted by Crippen LogP contribution is -2.85. The Kier molecular flexibility index (Phi) is 6.17. The number of quaternary nitrogens is 1. The summed E-state index contributed by atoms with van der Waals surface area (Å²) in [6, 6.07) is 12.6. The van der Waals surface area contributed by atoms with Crippen molar-refractivity contribution in [3.8, 4) is 0 Å². The smallest absolute Gasteiger partial charge is 0.123 e. The number of nitrogens with two attached hydrogens (primary N) is 1. The topological polar surface area (TPSA) is 36.8 Å². The molecule has 0 heterocycles. The van der Waals surface area contributed by atoms with Gasteiger partial charge in [0.2, 0.25) is 0 Å². The molecule has 21 heavy (non-hydrogen) atoms. The summed E-state index contributed by atoms with van der Waals surface area (Å²) >= 11 is 1.50. The highest BCUT2D eigenvalue weighted by atomic mass is 32.2. The van der Waals surface area contributed by atoms with Gasteiger partial charge in [-0.3, -0.25) is 0 Å². The van der Waals surface area contributed by atoms with Gasteiger partial charge < -0.3 is 10.4 Å². The maximum Gasteiger partial charge on any atom is 0.123 e.